The van der Waals surface area contributed by atoms with Crippen molar-refractivity contribution < 1.29 is 9.90 Å². The molecule has 0 bridgehead atoms. The van der Waals surface area contributed by atoms with E-state index in [4.69, 9.17) is 0 Å². The lowest BCUT2D eigenvalue weighted by Crippen LogP contribution is -2.53. The molecule has 114 valence electrons. The summed E-state index contributed by atoms with van der Waals surface area (Å²) in [5.41, 5.74) is -0.843. The number of nitrogens with one attached hydrogen (secondary N) is 1. The number of carboxylic acids is 1. The smallest absolute Gasteiger partial charge is 0.323 e. The van der Waals surface area contributed by atoms with E-state index in [9.17, 15) is 9.90 Å². The van der Waals surface area contributed by atoms with Crippen molar-refractivity contribution in [2.75, 3.05) is 40.8 Å². The van der Waals surface area contributed by atoms with Crippen LogP contribution in [-0.4, -0.2) is 73.2 Å². The lowest BCUT2D eigenvalue weighted by atomic mass is 9.96. The minimum Gasteiger partial charge on any atom is -0.480 e. The number of hydrogen-bond donors (Lipinski definition) is 2. The van der Waals surface area contributed by atoms with Crippen molar-refractivity contribution in [3.8, 4) is 0 Å². The summed E-state index contributed by atoms with van der Waals surface area (Å²) in [5, 5.41) is 12.5. The number of aliphatic carboxylic acids is 1. The van der Waals surface area contributed by atoms with E-state index in [1.54, 1.807) is 6.92 Å². The van der Waals surface area contributed by atoms with Gasteiger partial charge in [-0.2, -0.15) is 0 Å². The monoisotopic (exact) mass is 273 g/mol. The minimum absolute atomic E-state index is 0.167. The first-order valence-electron chi connectivity index (χ1n) is 7.01. The molecule has 0 aromatic rings. The predicted molar refractivity (Wildman–Crippen MR) is 79.6 cm³/mol. The average Bonchev–Trinajstić information content (AvgIpc) is 2.24. The van der Waals surface area contributed by atoms with Crippen LogP contribution < -0.4 is 5.32 Å². The number of rotatable bonds is 10. The zero-order valence-corrected chi connectivity index (χ0v) is 13.4. The summed E-state index contributed by atoms with van der Waals surface area (Å²) in [7, 11) is 6.18. The summed E-state index contributed by atoms with van der Waals surface area (Å²) < 4.78 is 0. The van der Waals surface area contributed by atoms with Gasteiger partial charge in [-0.05, 0) is 67.8 Å². The van der Waals surface area contributed by atoms with Crippen LogP contribution >= 0.6 is 0 Å². The van der Waals surface area contributed by atoms with Crippen LogP contribution in [-0.2, 0) is 4.79 Å². The van der Waals surface area contributed by atoms with Gasteiger partial charge in [-0.25, -0.2) is 0 Å². The van der Waals surface area contributed by atoms with Crippen LogP contribution in [0.25, 0.3) is 0 Å². The fraction of sp³-hybridized carbons (Fsp3) is 0.929. The van der Waals surface area contributed by atoms with Gasteiger partial charge >= 0.3 is 5.97 Å². The summed E-state index contributed by atoms with van der Waals surface area (Å²) >= 11 is 0. The van der Waals surface area contributed by atoms with Crippen molar-refractivity contribution in [3.05, 3.63) is 0 Å². The number of carboxylic acid groups (broad SMARTS) is 1. The number of carbonyl (C=O) groups is 1. The second-order valence-corrected chi connectivity index (χ2v) is 6.15. The molecule has 0 spiro atoms. The predicted octanol–water partition coefficient (Wildman–Crippen LogP) is 1.10. The third-order valence-electron chi connectivity index (χ3n) is 3.22. The molecule has 0 aliphatic rings. The second kappa shape index (κ2) is 8.51. The SMILES string of the molecule is CC(C)NC(C)(CCN(C)CCCN(C)C)C(=O)O. The minimum atomic E-state index is -0.843. The van der Waals surface area contributed by atoms with Gasteiger partial charge in [-0.15, -0.1) is 0 Å². The molecule has 1 unspecified atom stereocenters. The molecule has 5 nitrogen and oxygen atoms in total. The van der Waals surface area contributed by atoms with Crippen LogP contribution in [0.2, 0.25) is 0 Å². The number of nitrogens with zero attached hydrogens (tertiary/aromatic N) is 2. The Morgan fingerprint density at radius 3 is 2.21 bits per heavy atom. The molecule has 0 fully saturated rings. The summed E-state index contributed by atoms with van der Waals surface area (Å²) in [6, 6.07) is 0.167. The van der Waals surface area contributed by atoms with E-state index in [-0.39, 0.29) is 6.04 Å². The third kappa shape index (κ3) is 8.18. The van der Waals surface area contributed by atoms with Crippen molar-refractivity contribution >= 4 is 5.97 Å². The Labute approximate surface area is 118 Å². The average molecular weight is 273 g/mol. The van der Waals surface area contributed by atoms with Gasteiger partial charge in [0, 0.05) is 12.6 Å². The molecule has 0 aromatic heterocycles. The summed E-state index contributed by atoms with van der Waals surface area (Å²) in [5.74, 6) is -0.775. The van der Waals surface area contributed by atoms with Crippen molar-refractivity contribution in [1.29, 1.82) is 0 Å². The van der Waals surface area contributed by atoms with Crippen molar-refractivity contribution in [2.24, 2.45) is 0 Å². The fourth-order valence-corrected chi connectivity index (χ4v) is 2.06. The Balaban J connectivity index is 4.14. The Hall–Kier alpha value is -0.650. The van der Waals surface area contributed by atoms with Crippen molar-refractivity contribution in [3.63, 3.8) is 0 Å². The van der Waals surface area contributed by atoms with E-state index >= 15 is 0 Å². The van der Waals surface area contributed by atoms with Crippen LogP contribution in [0.4, 0.5) is 0 Å². The van der Waals surface area contributed by atoms with Crippen LogP contribution in [0.15, 0.2) is 0 Å². The second-order valence-electron chi connectivity index (χ2n) is 6.15. The maximum absolute atomic E-state index is 11.4. The summed E-state index contributed by atoms with van der Waals surface area (Å²) in [6.45, 7) is 8.56. The topological polar surface area (TPSA) is 55.8 Å². The lowest BCUT2D eigenvalue weighted by molar-refractivity contribution is -0.144. The van der Waals surface area contributed by atoms with Gasteiger partial charge in [0.25, 0.3) is 0 Å². The molecule has 5 heteroatoms. The maximum atomic E-state index is 11.4. The zero-order valence-electron chi connectivity index (χ0n) is 13.4. The largest absolute Gasteiger partial charge is 0.480 e. The maximum Gasteiger partial charge on any atom is 0.323 e. The van der Waals surface area contributed by atoms with Gasteiger partial charge in [0.15, 0.2) is 0 Å². The Kier molecular flexibility index (Phi) is 8.22. The molecule has 0 heterocycles. The molecule has 0 aromatic carbocycles. The van der Waals surface area contributed by atoms with Crippen LogP contribution in [0.3, 0.4) is 0 Å². The standard InChI is InChI=1S/C14H31N3O2/c1-12(2)15-14(3,13(18)19)8-11-17(6)10-7-9-16(4)5/h12,15H,7-11H2,1-6H3,(H,18,19). The van der Waals surface area contributed by atoms with Gasteiger partial charge in [0.2, 0.25) is 0 Å². The van der Waals surface area contributed by atoms with E-state index in [1.165, 1.54) is 0 Å². The Morgan fingerprint density at radius 1 is 1.21 bits per heavy atom. The van der Waals surface area contributed by atoms with E-state index in [2.05, 4.69) is 29.2 Å². The van der Waals surface area contributed by atoms with Crippen LogP contribution in [0.1, 0.15) is 33.6 Å². The van der Waals surface area contributed by atoms with E-state index in [1.807, 2.05) is 20.9 Å². The first kappa shape index (κ1) is 18.4. The molecule has 0 amide bonds. The Morgan fingerprint density at radius 2 is 1.79 bits per heavy atom. The highest BCUT2D eigenvalue weighted by Gasteiger charge is 2.33. The molecular weight excluding hydrogens is 242 g/mol. The molecule has 2 N–H and O–H groups in total. The zero-order chi connectivity index (χ0) is 15.1. The molecular formula is C14H31N3O2. The van der Waals surface area contributed by atoms with E-state index in [0.29, 0.717) is 6.42 Å². The molecule has 0 saturated carbocycles. The van der Waals surface area contributed by atoms with Gasteiger partial charge in [0.1, 0.15) is 5.54 Å². The molecule has 19 heavy (non-hydrogen) atoms. The quantitative estimate of drug-likeness (QED) is 0.624. The van der Waals surface area contributed by atoms with E-state index < -0.39 is 11.5 Å². The first-order chi connectivity index (χ1) is 8.67. The highest BCUT2D eigenvalue weighted by molar-refractivity contribution is 5.78. The molecule has 0 aliphatic carbocycles. The van der Waals surface area contributed by atoms with Crippen LogP contribution in [0, 0.1) is 0 Å². The van der Waals surface area contributed by atoms with E-state index in [0.717, 1.165) is 26.1 Å². The van der Waals surface area contributed by atoms with Crippen molar-refractivity contribution in [1.82, 2.24) is 15.1 Å². The molecule has 0 rings (SSSR count). The highest BCUT2D eigenvalue weighted by Crippen LogP contribution is 2.12. The fourth-order valence-electron chi connectivity index (χ4n) is 2.06. The third-order valence-corrected chi connectivity index (χ3v) is 3.22. The molecule has 0 aliphatic heterocycles. The summed E-state index contributed by atoms with van der Waals surface area (Å²) in [6.07, 6.45) is 1.71. The number of hydrogen-bond acceptors (Lipinski definition) is 4. The molecule has 1 atom stereocenters. The van der Waals surface area contributed by atoms with Gasteiger partial charge in [-0.3, -0.25) is 10.1 Å². The molecule has 0 saturated heterocycles. The Bertz CT molecular complexity index is 269. The van der Waals surface area contributed by atoms with Crippen molar-refractivity contribution in [2.45, 2.75) is 45.2 Å². The van der Waals surface area contributed by atoms with Gasteiger partial charge in [0.05, 0.1) is 0 Å². The first-order valence-corrected chi connectivity index (χ1v) is 7.01. The summed E-state index contributed by atoms with van der Waals surface area (Å²) in [4.78, 5) is 15.7. The van der Waals surface area contributed by atoms with Gasteiger partial charge < -0.3 is 14.9 Å². The lowest BCUT2D eigenvalue weighted by Gasteiger charge is -2.30. The van der Waals surface area contributed by atoms with Crippen LogP contribution in [0.5, 0.6) is 0 Å². The van der Waals surface area contributed by atoms with Gasteiger partial charge in [-0.1, -0.05) is 0 Å². The highest BCUT2D eigenvalue weighted by atomic mass is 16.4. The normalized spacial score (nSPS) is 15.2. The molecule has 0 radical (unpaired) electrons.